The molecule has 0 radical (unpaired) electrons. The standard InChI is InChI=1S/C22H17ClN2O3S/c1-13-14(2)29-21-19(13)20(27)25(17-6-4-3-5-7-17)22(28)24(21)12-18(26)15-8-10-16(23)11-9-15/h3-11H,12H2,1-2H3. The second-order valence-corrected chi connectivity index (χ2v) is 8.38. The van der Waals surface area contributed by atoms with Gasteiger partial charge in [0, 0.05) is 15.5 Å². The predicted molar refractivity (Wildman–Crippen MR) is 117 cm³/mol. The van der Waals surface area contributed by atoms with E-state index in [0.717, 1.165) is 15.0 Å². The Kier molecular flexibility index (Phi) is 4.98. The maximum atomic E-state index is 13.3. The van der Waals surface area contributed by atoms with Gasteiger partial charge in [0.25, 0.3) is 5.56 Å². The normalized spacial score (nSPS) is 11.1. The number of Topliss-reactive ketones (excluding diaryl/α,β-unsaturated/α-hetero) is 1. The van der Waals surface area contributed by atoms with Gasteiger partial charge in [0.05, 0.1) is 17.6 Å². The van der Waals surface area contributed by atoms with Crippen LogP contribution in [0.15, 0.2) is 64.2 Å². The molecule has 7 heteroatoms. The number of carbonyl (C=O) groups is 1. The Balaban J connectivity index is 1.97. The number of thiophene rings is 1. The Bertz CT molecular complexity index is 1350. The average Bonchev–Trinajstić information content (AvgIpc) is 3.01. The summed E-state index contributed by atoms with van der Waals surface area (Å²) >= 11 is 7.26. The van der Waals surface area contributed by atoms with Crippen molar-refractivity contribution in [2.24, 2.45) is 0 Å². The van der Waals surface area contributed by atoms with Crippen molar-refractivity contribution in [1.29, 1.82) is 0 Å². The lowest BCUT2D eigenvalue weighted by Crippen LogP contribution is -2.39. The second kappa shape index (κ2) is 7.46. The highest BCUT2D eigenvalue weighted by Gasteiger charge is 2.21. The summed E-state index contributed by atoms with van der Waals surface area (Å²) in [7, 11) is 0. The van der Waals surface area contributed by atoms with Crippen molar-refractivity contribution in [3.05, 3.63) is 96.5 Å². The quantitative estimate of drug-likeness (QED) is 0.457. The Morgan fingerprint density at radius 2 is 1.66 bits per heavy atom. The molecule has 146 valence electrons. The third-order valence-electron chi connectivity index (χ3n) is 4.93. The first-order valence-corrected chi connectivity index (χ1v) is 10.2. The molecular formula is C22H17ClN2O3S. The van der Waals surface area contributed by atoms with Crippen LogP contribution in [0.5, 0.6) is 0 Å². The molecule has 2 aromatic heterocycles. The van der Waals surface area contributed by atoms with E-state index < -0.39 is 5.69 Å². The number of carbonyl (C=O) groups excluding carboxylic acids is 1. The summed E-state index contributed by atoms with van der Waals surface area (Å²) in [6.45, 7) is 3.60. The molecular weight excluding hydrogens is 408 g/mol. The van der Waals surface area contributed by atoms with Crippen LogP contribution in [-0.2, 0) is 6.54 Å². The monoisotopic (exact) mass is 424 g/mol. The van der Waals surface area contributed by atoms with Gasteiger partial charge in [0.15, 0.2) is 5.78 Å². The third kappa shape index (κ3) is 3.34. The molecule has 4 aromatic rings. The van der Waals surface area contributed by atoms with Crippen LogP contribution in [0.2, 0.25) is 5.02 Å². The number of fused-ring (bicyclic) bond motifs is 1. The van der Waals surface area contributed by atoms with Gasteiger partial charge in [0.1, 0.15) is 4.83 Å². The van der Waals surface area contributed by atoms with Crippen molar-refractivity contribution in [2.75, 3.05) is 0 Å². The first kappa shape index (κ1) is 19.4. The van der Waals surface area contributed by atoms with Crippen LogP contribution in [0.1, 0.15) is 20.8 Å². The Labute approximate surface area is 175 Å². The largest absolute Gasteiger partial charge is 0.337 e. The highest BCUT2D eigenvalue weighted by molar-refractivity contribution is 7.18. The van der Waals surface area contributed by atoms with Crippen molar-refractivity contribution in [3.8, 4) is 5.69 Å². The minimum absolute atomic E-state index is 0.163. The highest BCUT2D eigenvalue weighted by atomic mass is 35.5. The van der Waals surface area contributed by atoms with E-state index in [4.69, 9.17) is 11.6 Å². The van der Waals surface area contributed by atoms with E-state index in [1.807, 2.05) is 19.9 Å². The predicted octanol–water partition coefficient (Wildman–Crippen LogP) is 4.37. The minimum Gasteiger partial charge on any atom is -0.292 e. The lowest BCUT2D eigenvalue weighted by molar-refractivity contribution is 0.0972. The topological polar surface area (TPSA) is 61.1 Å². The molecule has 0 atom stereocenters. The van der Waals surface area contributed by atoms with E-state index >= 15 is 0 Å². The minimum atomic E-state index is -0.530. The number of halogens is 1. The van der Waals surface area contributed by atoms with Gasteiger partial charge in [-0.2, -0.15) is 0 Å². The number of hydrogen-bond acceptors (Lipinski definition) is 4. The Morgan fingerprint density at radius 3 is 2.31 bits per heavy atom. The van der Waals surface area contributed by atoms with Crippen LogP contribution < -0.4 is 11.2 Å². The molecule has 29 heavy (non-hydrogen) atoms. The van der Waals surface area contributed by atoms with Gasteiger partial charge in [-0.3, -0.25) is 14.2 Å². The molecule has 4 rings (SSSR count). The fourth-order valence-corrected chi connectivity index (χ4v) is 4.54. The van der Waals surface area contributed by atoms with Crippen molar-refractivity contribution in [1.82, 2.24) is 9.13 Å². The molecule has 0 aliphatic carbocycles. The number of aryl methyl sites for hydroxylation is 2. The van der Waals surface area contributed by atoms with E-state index in [-0.39, 0.29) is 17.9 Å². The number of ketones is 1. The maximum Gasteiger partial charge on any atom is 0.337 e. The van der Waals surface area contributed by atoms with Gasteiger partial charge >= 0.3 is 5.69 Å². The molecule has 2 heterocycles. The summed E-state index contributed by atoms with van der Waals surface area (Å²) in [6.07, 6.45) is 0. The summed E-state index contributed by atoms with van der Waals surface area (Å²) < 4.78 is 2.53. The van der Waals surface area contributed by atoms with Gasteiger partial charge in [0.2, 0.25) is 0 Å². The molecule has 0 spiro atoms. The Hall–Kier alpha value is -2.96. The van der Waals surface area contributed by atoms with E-state index in [9.17, 15) is 14.4 Å². The smallest absolute Gasteiger partial charge is 0.292 e. The number of aromatic nitrogens is 2. The van der Waals surface area contributed by atoms with E-state index in [2.05, 4.69) is 0 Å². The molecule has 0 bridgehead atoms. The van der Waals surface area contributed by atoms with Crippen LogP contribution >= 0.6 is 22.9 Å². The number of hydrogen-bond donors (Lipinski definition) is 0. The SMILES string of the molecule is Cc1sc2c(c1C)c(=O)n(-c1ccccc1)c(=O)n2CC(=O)c1ccc(Cl)cc1. The second-order valence-electron chi connectivity index (χ2n) is 6.74. The van der Waals surface area contributed by atoms with Crippen LogP contribution in [0.4, 0.5) is 0 Å². The van der Waals surface area contributed by atoms with Gasteiger partial charge in [-0.25, -0.2) is 9.36 Å². The average molecular weight is 425 g/mol. The van der Waals surface area contributed by atoms with E-state index in [1.165, 1.54) is 15.9 Å². The summed E-state index contributed by atoms with van der Waals surface area (Å²) in [6, 6.07) is 15.3. The zero-order chi connectivity index (χ0) is 20.7. The maximum absolute atomic E-state index is 13.3. The van der Waals surface area contributed by atoms with Gasteiger partial charge in [-0.1, -0.05) is 29.8 Å². The fourth-order valence-electron chi connectivity index (χ4n) is 3.27. The summed E-state index contributed by atoms with van der Waals surface area (Å²) in [5.74, 6) is -0.230. The van der Waals surface area contributed by atoms with Gasteiger partial charge < -0.3 is 0 Å². The molecule has 0 N–H and O–H groups in total. The van der Waals surface area contributed by atoms with E-state index in [0.29, 0.717) is 26.5 Å². The molecule has 0 amide bonds. The molecule has 2 aromatic carbocycles. The third-order valence-corrected chi connectivity index (χ3v) is 6.42. The molecule has 5 nitrogen and oxygen atoms in total. The summed E-state index contributed by atoms with van der Waals surface area (Å²) in [5.41, 5.74) is 0.857. The van der Waals surface area contributed by atoms with Gasteiger partial charge in [-0.05, 0) is 55.8 Å². The molecule has 0 saturated heterocycles. The summed E-state index contributed by atoms with van der Waals surface area (Å²) in [5, 5.41) is 1.00. The number of benzene rings is 2. The van der Waals surface area contributed by atoms with Crippen molar-refractivity contribution < 1.29 is 4.79 Å². The summed E-state index contributed by atoms with van der Waals surface area (Å²) in [4.78, 5) is 40.8. The van der Waals surface area contributed by atoms with Crippen LogP contribution in [0, 0.1) is 13.8 Å². The lowest BCUT2D eigenvalue weighted by atomic mass is 10.1. The van der Waals surface area contributed by atoms with Crippen LogP contribution in [0.3, 0.4) is 0 Å². The first-order chi connectivity index (χ1) is 13.9. The van der Waals surface area contributed by atoms with Gasteiger partial charge in [-0.15, -0.1) is 11.3 Å². The van der Waals surface area contributed by atoms with E-state index in [1.54, 1.807) is 48.5 Å². The lowest BCUT2D eigenvalue weighted by Gasteiger charge is -2.12. The first-order valence-electron chi connectivity index (χ1n) is 8.98. The molecule has 0 saturated carbocycles. The molecule has 0 aliphatic heterocycles. The highest BCUT2D eigenvalue weighted by Crippen LogP contribution is 2.27. The van der Waals surface area contributed by atoms with Crippen molar-refractivity contribution in [3.63, 3.8) is 0 Å². The van der Waals surface area contributed by atoms with Crippen LogP contribution in [-0.4, -0.2) is 14.9 Å². The van der Waals surface area contributed by atoms with Crippen molar-refractivity contribution in [2.45, 2.75) is 20.4 Å². The number of nitrogens with zero attached hydrogens (tertiary/aromatic N) is 2. The zero-order valence-corrected chi connectivity index (χ0v) is 17.4. The Morgan fingerprint density at radius 1 is 1.00 bits per heavy atom. The number of para-hydroxylation sites is 1. The molecule has 0 fully saturated rings. The molecule has 0 unspecified atom stereocenters. The fraction of sp³-hybridized carbons (Fsp3) is 0.136. The van der Waals surface area contributed by atoms with Crippen LogP contribution in [0.25, 0.3) is 15.9 Å². The zero-order valence-electron chi connectivity index (χ0n) is 15.8. The van der Waals surface area contributed by atoms with Crippen molar-refractivity contribution >= 4 is 38.9 Å². The molecule has 0 aliphatic rings. The number of rotatable bonds is 4.